The van der Waals surface area contributed by atoms with Gasteiger partial charge in [0.15, 0.2) is 0 Å². The third kappa shape index (κ3) is 6.40. The van der Waals surface area contributed by atoms with Crippen molar-refractivity contribution in [1.82, 2.24) is 10.0 Å². The third-order valence-electron chi connectivity index (χ3n) is 2.56. The fourth-order valence-corrected chi connectivity index (χ4v) is 2.04. The van der Waals surface area contributed by atoms with E-state index in [1.54, 1.807) is 24.3 Å². The number of hydrogen-bond acceptors (Lipinski definition) is 4. The Kier molecular flexibility index (Phi) is 6.88. The molecule has 3 N–H and O–H groups in total. The minimum Gasteiger partial charge on any atom is -0.395 e. The number of benzene rings is 1. The monoisotopic (exact) mass is 310 g/mol. The minimum absolute atomic E-state index is 0.00683. The number of nitrogens with one attached hydrogen (secondary N) is 2. The molecule has 0 aliphatic carbocycles. The lowest BCUT2D eigenvalue weighted by atomic mass is 10.1. The van der Waals surface area contributed by atoms with Crippen molar-refractivity contribution < 1.29 is 18.3 Å². The molecule has 0 unspecified atom stereocenters. The summed E-state index contributed by atoms with van der Waals surface area (Å²) >= 11 is 0. The lowest BCUT2D eigenvalue weighted by Crippen LogP contribution is -2.32. The van der Waals surface area contributed by atoms with Gasteiger partial charge >= 0.3 is 0 Å². The van der Waals surface area contributed by atoms with Crippen LogP contribution >= 0.6 is 0 Å². The average Bonchev–Trinajstić information content (AvgIpc) is 2.47. The summed E-state index contributed by atoms with van der Waals surface area (Å²) in [5, 5.41) is 11.2. The van der Waals surface area contributed by atoms with Gasteiger partial charge in [-0.3, -0.25) is 4.79 Å². The molecule has 21 heavy (non-hydrogen) atoms. The molecule has 0 fully saturated rings. The molecule has 0 atom stereocenters. The molecule has 1 aromatic rings. The topological polar surface area (TPSA) is 95.5 Å². The number of carbonyl (C=O) groups is 1. The van der Waals surface area contributed by atoms with Gasteiger partial charge in [0.1, 0.15) is 0 Å². The maximum absolute atomic E-state index is 11.9. The van der Waals surface area contributed by atoms with E-state index in [0.717, 1.165) is 0 Å². The van der Waals surface area contributed by atoms with Crippen molar-refractivity contribution in [2.75, 3.05) is 26.0 Å². The van der Waals surface area contributed by atoms with Gasteiger partial charge in [-0.1, -0.05) is 17.9 Å². The normalized spacial score (nSPS) is 10.6. The molecule has 1 aromatic carbocycles. The van der Waals surface area contributed by atoms with Crippen LogP contribution in [0.4, 0.5) is 0 Å². The lowest BCUT2D eigenvalue weighted by Gasteiger charge is -2.06. The van der Waals surface area contributed by atoms with Crippen molar-refractivity contribution in [2.24, 2.45) is 0 Å². The van der Waals surface area contributed by atoms with E-state index < -0.39 is 10.0 Å². The van der Waals surface area contributed by atoms with Crippen LogP contribution < -0.4 is 10.0 Å². The van der Waals surface area contributed by atoms with Crippen molar-refractivity contribution in [3.05, 3.63) is 35.4 Å². The highest BCUT2D eigenvalue weighted by Crippen LogP contribution is 2.04. The highest BCUT2D eigenvalue weighted by molar-refractivity contribution is 7.89. The number of rotatable bonds is 6. The second kappa shape index (κ2) is 8.42. The summed E-state index contributed by atoms with van der Waals surface area (Å²) in [5.74, 6) is 5.07. The van der Waals surface area contributed by atoms with Crippen molar-refractivity contribution in [3.63, 3.8) is 0 Å². The highest BCUT2D eigenvalue weighted by atomic mass is 32.2. The quantitative estimate of drug-likeness (QED) is 0.629. The summed E-state index contributed by atoms with van der Waals surface area (Å²) in [6.07, 6.45) is 0.373. The molecule has 7 heteroatoms. The summed E-state index contributed by atoms with van der Waals surface area (Å²) in [4.78, 5) is 11.9. The maximum atomic E-state index is 11.9. The van der Waals surface area contributed by atoms with Gasteiger partial charge in [-0.05, 0) is 25.2 Å². The van der Waals surface area contributed by atoms with E-state index >= 15 is 0 Å². The van der Waals surface area contributed by atoms with Crippen LogP contribution in [0, 0.1) is 11.8 Å². The number of aliphatic hydroxyl groups excluding tert-OH is 1. The van der Waals surface area contributed by atoms with Gasteiger partial charge in [-0.25, -0.2) is 13.1 Å². The summed E-state index contributed by atoms with van der Waals surface area (Å²) in [7, 11) is -2.01. The fraction of sp³-hybridized carbons (Fsp3) is 0.357. The predicted molar refractivity (Wildman–Crippen MR) is 80.2 cm³/mol. The summed E-state index contributed by atoms with van der Waals surface area (Å²) in [6.45, 7) is 0.0234. The second-order valence-electron chi connectivity index (χ2n) is 4.14. The van der Waals surface area contributed by atoms with Crippen LogP contribution in [0.1, 0.15) is 22.3 Å². The van der Waals surface area contributed by atoms with Crippen LogP contribution in [0.15, 0.2) is 24.3 Å². The Morgan fingerprint density at radius 2 is 2.14 bits per heavy atom. The summed E-state index contributed by atoms with van der Waals surface area (Å²) < 4.78 is 24.6. The maximum Gasteiger partial charge on any atom is 0.251 e. The zero-order valence-corrected chi connectivity index (χ0v) is 12.5. The smallest absolute Gasteiger partial charge is 0.251 e. The highest BCUT2D eigenvalue weighted by Gasteiger charge is 2.09. The van der Waals surface area contributed by atoms with Crippen LogP contribution in [-0.4, -0.2) is 45.4 Å². The molecule has 0 spiro atoms. The third-order valence-corrected chi connectivity index (χ3v) is 3.93. The van der Waals surface area contributed by atoms with E-state index in [1.807, 2.05) is 0 Å². The molecule has 0 saturated carbocycles. The average molecular weight is 310 g/mol. The molecule has 0 aromatic heterocycles. The molecule has 114 valence electrons. The number of aliphatic hydroxyl groups is 1. The van der Waals surface area contributed by atoms with Gasteiger partial charge in [0.25, 0.3) is 5.91 Å². The van der Waals surface area contributed by atoms with Gasteiger partial charge in [-0.15, -0.1) is 0 Å². The predicted octanol–water partition coefficient (Wildman–Crippen LogP) is -0.300. The van der Waals surface area contributed by atoms with Crippen LogP contribution in [0.2, 0.25) is 0 Å². The lowest BCUT2D eigenvalue weighted by molar-refractivity contribution is 0.0956. The number of amides is 1. The molecular weight excluding hydrogens is 292 g/mol. The largest absolute Gasteiger partial charge is 0.395 e. The Hall–Kier alpha value is -1.88. The first-order chi connectivity index (χ1) is 9.98. The first-order valence-electron chi connectivity index (χ1n) is 6.37. The molecule has 1 rings (SSSR count). The Bertz CT molecular complexity index is 644. The molecule has 0 radical (unpaired) electrons. The van der Waals surface area contributed by atoms with Gasteiger partial charge in [-0.2, -0.15) is 0 Å². The van der Waals surface area contributed by atoms with E-state index in [4.69, 9.17) is 5.11 Å². The molecule has 0 aliphatic heterocycles. The molecule has 0 bridgehead atoms. The standard InChI is InChI=1S/C14H18N2O4S/c1-15-21(19,20)10-8-16-14(18)13-7-4-6-12(11-13)5-2-3-9-17/h4,6-7,11,15,17H,3,8-10H2,1H3,(H,16,18). The van der Waals surface area contributed by atoms with Crippen LogP contribution in [0.5, 0.6) is 0 Å². The number of hydrogen-bond donors (Lipinski definition) is 3. The Balaban J connectivity index is 2.63. The zero-order valence-electron chi connectivity index (χ0n) is 11.7. The van der Waals surface area contributed by atoms with Crippen molar-refractivity contribution in [2.45, 2.75) is 6.42 Å². The molecule has 0 saturated heterocycles. The van der Waals surface area contributed by atoms with Crippen molar-refractivity contribution >= 4 is 15.9 Å². The Morgan fingerprint density at radius 1 is 1.38 bits per heavy atom. The Morgan fingerprint density at radius 3 is 2.81 bits per heavy atom. The first-order valence-corrected chi connectivity index (χ1v) is 8.03. The van der Waals surface area contributed by atoms with Crippen molar-refractivity contribution in [3.8, 4) is 11.8 Å². The van der Waals surface area contributed by atoms with Crippen LogP contribution in [0.3, 0.4) is 0 Å². The van der Waals surface area contributed by atoms with Gasteiger partial charge in [0.05, 0.1) is 12.4 Å². The minimum atomic E-state index is -3.33. The van der Waals surface area contributed by atoms with Gasteiger partial charge < -0.3 is 10.4 Å². The molecular formula is C14H18N2O4S. The van der Waals surface area contributed by atoms with Crippen molar-refractivity contribution in [1.29, 1.82) is 0 Å². The van der Waals surface area contributed by atoms with E-state index in [-0.39, 0.29) is 24.8 Å². The second-order valence-corrected chi connectivity index (χ2v) is 6.18. The van der Waals surface area contributed by atoms with Crippen LogP contribution in [0.25, 0.3) is 0 Å². The SMILES string of the molecule is CNS(=O)(=O)CCNC(=O)c1cccc(C#CCCO)c1. The van der Waals surface area contributed by atoms with E-state index in [9.17, 15) is 13.2 Å². The first kappa shape index (κ1) is 17.2. The molecule has 0 heterocycles. The van der Waals surface area contributed by atoms with Gasteiger partial charge in [0, 0.05) is 24.1 Å². The zero-order chi connectivity index (χ0) is 15.7. The Labute approximate surface area is 124 Å². The fourth-order valence-electron chi connectivity index (χ4n) is 1.46. The summed E-state index contributed by atoms with van der Waals surface area (Å²) in [5.41, 5.74) is 1.08. The van der Waals surface area contributed by atoms with Crippen LogP contribution in [-0.2, 0) is 10.0 Å². The molecule has 1 amide bonds. The molecule has 0 aliphatic rings. The molecule has 6 nitrogen and oxygen atoms in total. The number of carbonyl (C=O) groups excluding carboxylic acids is 1. The van der Waals surface area contributed by atoms with E-state index in [1.165, 1.54) is 7.05 Å². The number of sulfonamides is 1. The van der Waals surface area contributed by atoms with E-state index in [0.29, 0.717) is 17.5 Å². The van der Waals surface area contributed by atoms with E-state index in [2.05, 4.69) is 21.9 Å². The van der Waals surface area contributed by atoms with Gasteiger partial charge in [0.2, 0.25) is 10.0 Å². The summed E-state index contributed by atoms with van der Waals surface area (Å²) in [6, 6.07) is 6.69.